The fourth-order valence-electron chi connectivity index (χ4n) is 1.81. The summed E-state index contributed by atoms with van der Waals surface area (Å²) in [6, 6.07) is 8.07. The molecule has 0 amide bonds. The number of aromatic amines is 1. The maximum absolute atomic E-state index is 4.48. The van der Waals surface area contributed by atoms with Gasteiger partial charge >= 0.3 is 0 Å². The van der Waals surface area contributed by atoms with E-state index in [-0.39, 0.29) is 0 Å². The highest BCUT2D eigenvalue weighted by atomic mass is 14.9. The molecule has 0 radical (unpaired) electrons. The van der Waals surface area contributed by atoms with Gasteiger partial charge in [-0.1, -0.05) is 12.1 Å². The number of aliphatic imine (C=N–C) groups is 1. The van der Waals surface area contributed by atoms with Crippen molar-refractivity contribution >= 4 is 12.0 Å². The monoisotopic (exact) mass is 242 g/mol. The van der Waals surface area contributed by atoms with Gasteiger partial charge in [-0.05, 0) is 32.9 Å². The molecule has 2 N–H and O–H groups in total. The van der Waals surface area contributed by atoms with Crippen LogP contribution in [0.25, 0.3) is 11.3 Å². The van der Waals surface area contributed by atoms with E-state index in [4.69, 9.17) is 0 Å². The molecule has 0 atom stereocenters. The van der Waals surface area contributed by atoms with Crippen LogP contribution in [0.15, 0.2) is 29.3 Å². The predicted molar refractivity (Wildman–Crippen MR) is 75.3 cm³/mol. The second-order valence-corrected chi connectivity index (χ2v) is 4.16. The summed E-state index contributed by atoms with van der Waals surface area (Å²) in [4.78, 5) is 12.0. The second kappa shape index (κ2) is 5.49. The highest BCUT2D eigenvalue weighted by Crippen LogP contribution is 2.23. The number of H-pyrrole nitrogens is 1. The summed E-state index contributed by atoms with van der Waals surface area (Å²) in [7, 11) is 0. The molecule has 94 valence electrons. The van der Waals surface area contributed by atoms with Crippen LogP contribution < -0.4 is 5.32 Å². The highest BCUT2D eigenvalue weighted by molar-refractivity contribution is 5.66. The van der Waals surface area contributed by atoms with Crippen LogP contribution in [-0.4, -0.2) is 22.9 Å². The second-order valence-electron chi connectivity index (χ2n) is 4.16. The number of rotatable bonds is 4. The van der Waals surface area contributed by atoms with Crippen molar-refractivity contribution in [1.29, 1.82) is 0 Å². The summed E-state index contributed by atoms with van der Waals surface area (Å²) in [6.45, 7) is 6.92. The first-order chi connectivity index (χ1) is 8.70. The lowest BCUT2D eigenvalue weighted by molar-refractivity contribution is 0.987. The third-order valence-corrected chi connectivity index (χ3v) is 2.65. The van der Waals surface area contributed by atoms with Crippen LogP contribution in [0.3, 0.4) is 0 Å². The van der Waals surface area contributed by atoms with E-state index in [1.54, 1.807) is 6.34 Å². The van der Waals surface area contributed by atoms with Crippen molar-refractivity contribution in [3.63, 3.8) is 0 Å². The molecule has 0 fully saturated rings. The van der Waals surface area contributed by atoms with Gasteiger partial charge in [0.2, 0.25) is 0 Å². The van der Waals surface area contributed by atoms with Gasteiger partial charge in [0.25, 0.3) is 0 Å². The summed E-state index contributed by atoms with van der Waals surface area (Å²) in [5.74, 6) is 0.941. The smallest absolute Gasteiger partial charge is 0.103 e. The lowest BCUT2D eigenvalue weighted by Gasteiger charge is -2.00. The minimum atomic E-state index is 0.882. The molecule has 4 heteroatoms. The number of benzene rings is 1. The van der Waals surface area contributed by atoms with Crippen LogP contribution in [0.2, 0.25) is 0 Å². The van der Waals surface area contributed by atoms with Crippen LogP contribution in [0.5, 0.6) is 0 Å². The first kappa shape index (κ1) is 12.4. The maximum Gasteiger partial charge on any atom is 0.103 e. The maximum atomic E-state index is 4.48. The molecule has 0 bridgehead atoms. The molecular weight excluding hydrogens is 224 g/mol. The molecule has 18 heavy (non-hydrogen) atoms. The molecule has 2 aromatic rings. The van der Waals surface area contributed by atoms with Gasteiger partial charge in [-0.15, -0.1) is 0 Å². The van der Waals surface area contributed by atoms with Gasteiger partial charge in [-0.2, -0.15) is 0 Å². The fourth-order valence-corrected chi connectivity index (χ4v) is 1.81. The Hall–Kier alpha value is -2.10. The number of aromatic nitrogens is 2. The first-order valence-corrected chi connectivity index (χ1v) is 6.10. The Morgan fingerprint density at radius 3 is 2.56 bits per heavy atom. The van der Waals surface area contributed by atoms with Gasteiger partial charge in [0.15, 0.2) is 0 Å². The Balaban J connectivity index is 2.19. The molecule has 0 aliphatic rings. The average Bonchev–Trinajstić information content (AvgIpc) is 2.70. The Kier molecular flexibility index (Phi) is 3.77. The van der Waals surface area contributed by atoms with Crippen LogP contribution in [0, 0.1) is 13.8 Å². The van der Waals surface area contributed by atoms with Crippen molar-refractivity contribution in [3.05, 3.63) is 35.8 Å². The normalized spacial score (nSPS) is 11.1. The SMILES string of the molecule is CCN/C=N/c1ccc(-c2nc(C)[nH]c2C)cc1. The zero-order valence-electron chi connectivity index (χ0n) is 11.0. The molecule has 0 aliphatic carbocycles. The molecule has 1 heterocycles. The molecular formula is C14H18N4. The Morgan fingerprint density at radius 1 is 1.28 bits per heavy atom. The average molecular weight is 242 g/mol. The summed E-state index contributed by atoms with van der Waals surface area (Å²) in [6.07, 6.45) is 1.72. The zero-order valence-corrected chi connectivity index (χ0v) is 11.0. The summed E-state index contributed by atoms with van der Waals surface area (Å²) in [5, 5.41) is 3.05. The molecule has 0 saturated carbocycles. The number of hydrogen-bond acceptors (Lipinski definition) is 2. The highest BCUT2D eigenvalue weighted by Gasteiger charge is 2.06. The zero-order chi connectivity index (χ0) is 13.0. The molecule has 0 spiro atoms. The van der Waals surface area contributed by atoms with Crippen LogP contribution in [0.1, 0.15) is 18.4 Å². The molecule has 4 nitrogen and oxygen atoms in total. The van der Waals surface area contributed by atoms with Crippen molar-refractivity contribution in [2.24, 2.45) is 4.99 Å². The number of nitrogens with one attached hydrogen (secondary N) is 2. The van der Waals surface area contributed by atoms with E-state index in [0.717, 1.165) is 35.0 Å². The molecule has 1 aromatic heterocycles. The summed E-state index contributed by atoms with van der Waals surface area (Å²) in [5.41, 5.74) is 4.15. The Bertz CT molecular complexity index is 537. The van der Waals surface area contributed by atoms with E-state index < -0.39 is 0 Å². The third-order valence-electron chi connectivity index (χ3n) is 2.65. The minimum absolute atomic E-state index is 0.882. The largest absolute Gasteiger partial charge is 0.376 e. The summed E-state index contributed by atoms with van der Waals surface area (Å²) >= 11 is 0. The number of imidazole rings is 1. The van der Waals surface area contributed by atoms with Gasteiger partial charge < -0.3 is 10.3 Å². The lowest BCUT2D eigenvalue weighted by Crippen LogP contribution is -2.08. The van der Waals surface area contributed by atoms with Gasteiger partial charge in [0.1, 0.15) is 5.82 Å². The van der Waals surface area contributed by atoms with Crippen molar-refractivity contribution in [3.8, 4) is 11.3 Å². The number of aryl methyl sites for hydroxylation is 2. The number of hydrogen-bond donors (Lipinski definition) is 2. The topological polar surface area (TPSA) is 53.1 Å². The fraction of sp³-hybridized carbons (Fsp3) is 0.286. The van der Waals surface area contributed by atoms with Crippen molar-refractivity contribution in [1.82, 2.24) is 15.3 Å². The Morgan fingerprint density at radius 2 is 2.00 bits per heavy atom. The van der Waals surface area contributed by atoms with Gasteiger partial charge in [-0.3, -0.25) is 0 Å². The predicted octanol–water partition coefficient (Wildman–Crippen LogP) is 2.96. The standard InChI is InChI=1S/C14H18N4/c1-4-15-9-16-13-7-5-12(6-8-13)14-10(2)17-11(3)18-14/h5-9H,4H2,1-3H3,(H,15,16)(H,17,18). The first-order valence-electron chi connectivity index (χ1n) is 6.10. The van der Waals surface area contributed by atoms with E-state index in [1.807, 2.05) is 45.0 Å². The van der Waals surface area contributed by atoms with E-state index in [2.05, 4.69) is 20.3 Å². The van der Waals surface area contributed by atoms with Gasteiger partial charge in [0, 0.05) is 17.8 Å². The number of nitrogens with zero attached hydrogens (tertiary/aromatic N) is 2. The van der Waals surface area contributed by atoms with Gasteiger partial charge in [-0.25, -0.2) is 9.98 Å². The molecule has 2 rings (SSSR count). The molecule has 1 aromatic carbocycles. The van der Waals surface area contributed by atoms with Crippen LogP contribution in [0.4, 0.5) is 5.69 Å². The lowest BCUT2D eigenvalue weighted by atomic mass is 10.1. The van der Waals surface area contributed by atoms with Gasteiger partial charge in [0.05, 0.1) is 17.7 Å². The quantitative estimate of drug-likeness (QED) is 0.639. The van der Waals surface area contributed by atoms with Crippen molar-refractivity contribution in [2.75, 3.05) is 6.54 Å². The van der Waals surface area contributed by atoms with E-state index in [9.17, 15) is 0 Å². The summed E-state index contributed by atoms with van der Waals surface area (Å²) < 4.78 is 0. The van der Waals surface area contributed by atoms with E-state index in [1.165, 1.54) is 0 Å². The molecule has 0 unspecified atom stereocenters. The van der Waals surface area contributed by atoms with Crippen LogP contribution >= 0.6 is 0 Å². The minimum Gasteiger partial charge on any atom is -0.376 e. The van der Waals surface area contributed by atoms with Crippen molar-refractivity contribution < 1.29 is 0 Å². The third kappa shape index (κ3) is 2.77. The van der Waals surface area contributed by atoms with E-state index >= 15 is 0 Å². The molecule has 0 aliphatic heterocycles. The molecule has 0 saturated heterocycles. The Labute approximate surface area is 107 Å². The van der Waals surface area contributed by atoms with Crippen LogP contribution in [-0.2, 0) is 0 Å². The van der Waals surface area contributed by atoms with Crippen molar-refractivity contribution in [2.45, 2.75) is 20.8 Å². The van der Waals surface area contributed by atoms with E-state index in [0.29, 0.717) is 0 Å².